The largest absolute Gasteiger partial charge is 0.448 e. The Labute approximate surface area is 135 Å². The summed E-state index contributed by atoms with van der Waals surface area (Å²) in [6.45, 7) is 2.60. The van der Waals surface area contributed by atoms with Crippen LogP contribution in [0.5, 0.6) is 5.75 Å². The Balaban J connectivity index is 3.14. The van der Waals surface area contributed by atoms with Crippen molar-refractivity contribution in [3.63, 3.8) is 0 Å². The highest BCUT2D eigenvalue weighted by Gasteiger charge is 2.45. The van der Waals surface area contributed by atoms with Gasteiger partial charge in [0.05, 0.1) is 0 Å². The molecule has 1 aromatic carbocycles. The van der Waals surface area contributed by atoms with Gasteiger partial charge < -0.3 is 9.47 Å². The second kappa shape index (κ2) is 7.18. The first-order valence-electron chi connectivity index (χ1n) is 6.31. The normalized spacial score (nSPS) is 13.2. The monoisotopic (exact) mass is 370 g/mol. The van der Waals surface area contributed by atoms with Gasteiger partial charge in [-0.2, -0.15) is 21.6 Å². The van der Waals surface area contributed by atoms with E-state index in [1.165, 1.54) is 12.1 Å². The zero-order valence-electron chi connectivity index (χ0n) is 12.5. The second-order valence-electron chi connectivity index (χ2n) is 4.78. The Morgan fingerprint density at radius 2 is 1.88 bits per heavy atom. The quantitative estimate of drug-likeness (QED) is 0.479. The minimum Gasteiger partial charge on any atom is -0.448 e. The van der Waals surface area contributed by atoms with Gasteiger partial charge in [0, 0.05) is 6.92 Å². The van der Waals surface area contributed by atoms with E-state index in [0.717, 1.165) is 13.0 Å². The average molecular weight is 370 g/mol. The molecule has 0 radical (unpaired) electrons. The van der Waals surface area contributed by atoms with Gasteiger partial charge >= 0.3 is 18.1 Å². The van der Waals surface area contributed by atoms with E-state index in [4.69, 9.17) is 9.29 Å². The molecule has 0 amide bonds. The lowest BCUT2D eigenvalue weighted by Crippen LogP contribution is -2.39. The number of alkyl halides is 3. The summed E-state index contributed by atoms with van der Waals surface area (Å²) in [5.41, 5.74) is 0.0495. The molecule has 0 aliphatic carbocycles. The van der Waals surface area contributed by atoms with Crippen molar-refractivity contribution >= 4 is 22.1 Å². The highest BCUT2D eigenvalue weighted by Crippen LogP contribution is 2.27. The molecule has 1 rings (SSSR count). The minimum atomic E-state index is -5.22. The van der Waals surface area contributed by atoms with Gasteiger partial charge in [-0.15, -0.1) is 0 Å². The lowest BCUT2D eigenvalue weighted by molar-refractivity contribution is -0.197. The van der Waals surface area contributed by atoms with Crippen molar-refractivity contribution in [2.45, 2.75) is 26.1 Å². The van der Waals surface area contributed by atoms with E-state index in [1.54, 1.807) is 6.92 Å². The molecule has 1 N–H and O–H groups in total. The fraction of sp³-hybridized carbons (Fsp3) is 0.385. The summed E-state index contributed by atoms with van der Waals surface area (Å²) >= 11 is 0. The number of carbonyl (C=O) groups is 2. The van der Waals surface area contributed by atoms with Crippen LogP contribution in [0.4, 0.5) is 13.2 Å². The summed E-state index contributed by atoms with van der Waals surface area (Å²) in [5, 5.41) is 0. The van der Waals surface area contributed by atoms with E-state index in [1.807, 2.05) is 0 Å². The third kappa shape index (κ3) is 6.16. The molecule has 7 nitrogen and oxygen atoms in total. The molecule has 0 saturated carbocycles. The molecular weight excluding hydrogens is 357 g/mol. The third-order valence-electron chi connectivity index (χ3n) is 2.59. The van der Waals surface area contributed by atoms with Crippen LogP contribution in [0.3, 0.4) is 0 Å². The predicted molar refractivity (Wildman–Crippen MR) is 74.2 cm³/mol. The average Bonchev–Trinajstić information content (AvgIpc) is 2.34. The highest BCUT2D eigenvalue weighted by molar-refractivity contribution is 7.85. The van der Waals surface area contributed by atoms with E-state index >= 15 is 0 Å². The summed E-state index contributed by atoms with van der Waals surface area (Å²) < 4.78 is 77.0. The fourth-order valence-corrected chi connectivity index (χ4v) is 2.26. The van der Waals surface area contributed by atoms with E-state index in [2.05, 4.69) is 4.74 Å². The molecule has 1 atom stereocenters. The van der Waals surface area contributed by atoms with Crippen molar-refractivity contribution < 1.29 is 45.2 Å². The molecule has 134 valence electrons. The van der Waals surface area contributed by atoms with Crippen LogP contribution in [0.2, 0.25) is 0 Å². The first-order valence-corrected chi connectivity index (χ1v) is 7.92. The van der Waals surface area contributed by atoms with Crippen LogP contribution in [0, 0.1) is 6.92 Å². The number of hydrogen-bond donors (Lipinski definition) is 1. The number of halogens is 3. The van der Waals surface area contributed by atoms with E-state index in [9.17, 15) is 31.2 Å². The van der Waals surface area contributed by atoms with Gasteiger partial charge in [0.25, 0.3) is 10.1 Å². The third-order valence-corrected chi connectivity index (χ3v) is 3.31. The van der Waals surface area contributed by atoms with Crippen LogP contribution < -0.4 is 4.74 Å². The molecule has 0 spiro atoms. The number of carbonyl (C=O) groups excluding carboxylic acids is 2. The van der Waals surface area contributed by atoms with Crippen molar-refractivity contribution in [1.82, 2.24) is 0 Å². The molecule has 0 aromatic heterocycles. The Morgan fingerprint density at radius 1 is 1.29 bits per heavy atom. The standard InChI is InChI=1S/C13H13F3O7S/c1-7-3-4-9(10(5-7)22-8(2)17)12(18)23-11(13(14,15)16)6-24(19,20)21/h3-5,11H,6H2,1-2H3,(H,19,20,21). The number of esters is 2. The lowest BCUT2D eigenvalue weighted by Gasteiger charge is -2.20. The summed E-state index contributed by atoms with van der Waals surface area (Å²) in [6.07, 6.45) is -8.30. The fourth-order valence-electron chi connectivity index (χ4n) is 1.62. The number of hydrogen-bond acceptors (Lipinski definition) is 6. The van der Waals surface area contributed by atoms with E-state index in [0.29, 0.717) is 5.56 Å². The van der Waals surface area contributed by atoms with Crippen LogP contribution >= 0.6 is 0 Å². The van der Waals surface area contributed by atoms with E-state index < -0.39 is 45.7 Å². The van der Waals surface area contributed by atoms with Crippen LogP contribution in [0.25, 0.3) is 0 Å². The van der Waals surface area contributed by atoms with Gasteiger partial charge in [-0.3, -0.25) is 9.35 Å². The van der Waals surface area contributed by atoms with E-state index in [-0.39, 0.29) is 5.75 Å². The zero-order valence-corrected chi connectivity index (χ0v) is 13.3. The summed E-state index contributed by atoms with van der Waals surface area (Å²) in [6, 6.07) is 3.65. The van der Waals surface area contributed by atoms with Gasteiger partial charge in [0.1, 0.15) is 17.1 Å². The SMILES string of the molecule is CC(=O)Oc1cc(C)ccc1C(=O)OC(CS(=O)(=O)O)C(F)(F)F. The van der Waals surface area contributed by atoms with Crippen LogP contribution in [-0.2, 0) is 19.6 Å². The van der Waals surface area contributed by atoms with Crippen molar-refractivity contribution in [1.29, 1.82) is 0 Å². The summed E-state index contributed by atoms with van der Waals surface area (Å²) in [7, 11) is -5.05. The van der Waals surface area contributed by atoms with Crippen LogP contribution in [0.1, 0.15) is 22.8 Å². The molecule has 0 aliphatic rings. The van der Waals surface area contributed by atoms with Gasteiger partial charge in [0.15, 0.2) is 0 Å². The Kier molecular flexibility index (Phi) is 5.95. The molecule has 24 heavy (non-hydrogen) atoms. The molecule has 0 bridgehead atoms. The maximum atomic E-state index is 12.8. The maximum absolute atomic E-state index is 12.8. The van der Waals surface area contributed by atoms with Crippen molar-refractivity contribution in [3.05, 3.63) is 29.3 Å². The zero-order chi connectivity index (χ0) is 18.7. The summed E-state index contributed by atoms with van der Waals surface area (Å²) in [4.78, 5) is 22.9. The van der Waals surface area contributed by atoms with Gasteiger partial charge in [-0.05, 0) is 24.6 Å². The molecule has 0 aliphatic heterocycles. The summed E-state index contributed by atoms with van der Waals surface area (Å²) in [5.74, 6) is -4.56. The topological polar surface area (TPSA) is 107 Å². The predicted octanol–water partition coefficient (Wildman–Crippen LogP) is 1.90. The molecule has 0 fully saturated rings. The number of aryl methyl sites for hydroxylation is 1. The minimum absolute atomic E-state index is 0.333. The van der Waals surface area contributed by atoms with Crippen LogP contribution in [0.15, 0.2) is 18.2 Å². The Bertz CT molecular complexity index is 740. The molecule has 1 unspecified atom stereocenters. The number of ether oxygens (including phenoxy) is 2. The molecule has 0 saturated heterocycles. The number of benzene rings is 1. The van der Waals surface area contributed by atoms with Gasteiger partial charge in [-0.25, -0.2) is 4.79 Å². The molecule has 1 aromatic rings. The Hall–Kier alpha value is -2.14. The second-order valence-corrected chi connectivity index (χ2v) is 6.27. The van der Waals surface area contributed by atoms with Crippen molar-refractivity contribution in [2.24, 2.45) is 0 Å². The first-order chi connectivity index (χ1) is 10.8. The molecular formula is C13H13F3O7S. The molecule has 0 heterocycles. The van der Waals surface area contributed by atoms with Crippen LogP contribution in [-0.4, -0.2) is 42.9 Å². The van der Waals surface area contributed by atoms with Crippen molar-refractivity contribution in [2.75, 3.05) is 5.75 Å². The maximum Gasteiger partial charge on any atom is 0.426 e. The van der Waals surface area contributed by atoms with Crippen molar-refractivity contribution in [3.8, 4) is 5.75 Å². The highest BCUT2D eigenvalue weighted by atomic mass is 32.2. The smallest absolute Gasteiger partial charge is 0.426 e. The lowest BCUT2D eigenvalue weighted by atomic mass is 10.1. The number of rotatable bonds is 5. The molecule has 11 heteroatoms. The first kappa shape index (κ1) is 19.9. The van der Waals surface area contributed by atoms with Gasteiger partial charge in [0.2, 0.25) is 6.10 Å². The Morgan fingerprint density at radius 3 is 2.33 bits per heavy atom. The van der Waals surface area contributed by atoms with Gasteiger partial charge in [-0.1, -0.05) is 6.07 Å².